The van der Waals surface area contributed by atoms with Crippen LogP contribution in [0.4, 0.5) is 0 Å². The van der Waals surface area contributed by atoms with E-state index in [1.54, 1.807) is 0 Å². The number of imidazole rings is 1. The molecule has 5 heteroatoms. The zero-order valence-corrected chi connectivity index (χ0v) is 32.1. The molecule has 58 heavy (non-hydrogen) atoms. The lowest BCUT2D eigenvalue weighted by Crippen LogP contribution is -1.97. The van der Waals surface area contributed by atoms with Gasteiger partial charge in [-0.3, -0.25) is 4.57 Å². The van der Waals surface area contributed by atoms with E-state index in [1.165, 1.54) is 31.3 Å². The summed E-state index contributed by atoms with van der Waals surface area (Å²) in [4.78, 5) is 15.8. The molecular weight excluding hydrogens is 725 g/mol. The van der Waals surface area contributed by atoms with Gasteiger partial charge in [0.15, 0.2) is 5.82 Å². The van der Waals surface area contributed by atoms with Crippen LogP contribution in [0.5, 0.6) is 0 Å². The normalized spacial score (nSPS) is 11.4. The van der Waals surface area contributed by atoms with Gasteiger partial charge in [-0.15, -0.1) is 11.3 Å². The van der Waals surface area contributed by atoms with Gasteiger partial charge in [0.25, 0.3) is 0 Å². The molecule has 0 saturated heterocycles. The first-order valence-electron chi connectivity index (χ1n) is 19.4. The van der Waals surface area contributed by atoms with E-state index in [4.69, 9.17) is 15.0 Å². The highest BCUT2D eigenvalue weighted by Crippen LogP contribution is 2.42. The Kier molecular flexibility index (Phi) is 8.30. The van der Waals surface area contributed by atoms with E-state index in [9.17, 15) is 0 Å². The second-order valence-electron chi connectivity index (χ2n) is 14.4. The first-order chi connectivity index (χ1) is 28.7. The maximum Gasteiger partial charge on any atom is 0.160 e. The van der Waals surface area contributed by atoms with E-state index in [0.29, 0.717) is 5.82 Å². The summed E-state index contributed by atoms with van der Waals surface area (Å²) in [6.07, 6.45) is 0. The number of benzene rings is 8. The van der Waals surface area contributed by atoms with Gasteiger partial charge in [-0.25, -0.2) is 15.0 Å². The van der Waals surface area contributed by atoms with Crippen LogP contribution in [0.2, 0.25) is 0 Å². The first-order valence-corrected chi connectivity index (χ1v) is 20.2. The largest absolute Gasteiger partial charge is 0.292 e. The SMILES string of the molecule is c1ccc(-c2ccc(-c3cc(-c4cccc5sc6cc(-c7nc8ccccc8n7-c7ccccc7)ccc6c45)nc(-c4cccc(-c5ccccc5)c4)n3)cc2)cc1. The molecule has 0 unspecified atom stereocenters. The van der Waals surface area contributed by atoms with Gasteiger partial charge in [-0.2, -0.15) is 0 Å². The molecule has 0 atom stereocenters. The van der Waals surface area contributed by atoms with Crippen molar-refractivity contribution in [3.63, 3.8) is 0 Å². The van der Waals surface area contributed by atoms with Crippen molar-refractivity contribution in [1.29, 1.82) is 0 Å². The van der Waals surface area contributed by atoms with Crippen LogP contribution >= 0.6 is 11.3 Å². The highest BCUT2D eigenvalue weighted by atomic mass is 32.1. The zero-order valence-electron chi connectivity index (χ0n) is 31.3. The van der Waals surface area contributed by atoms with E-state index in [-0.39, 0.29) is 0 Å². The number of hydrogen-bond acceptors (Lipinski definition) is 4. The number of fused-ring (bicyclic) bond motifs is 4. The molecule has 0 aliphatic rings. The summed E-state index contributed by atoms with van der Waals surface area (Å²) in [6.45, 7) is 0. The summed E-state index contributed by atoms with van der Waals surface area (Å²) >= 11 is 1.81. The van der Waals surface area contributed by atoms with Crippen LogP contribution in [0.15, 0.2) is 206 Å². The van der Waals surface area contributed by atoms with Crippen molar-refractivity contribution in [2.24, 2.45) is 0 Å². The molecule has 0 saturated carbocycles. The Morgan fingerprint density at radius 1 is 0.379 bits per heavy atom. The van der Waals surface area contributed by atoms with Gasteiger partial charge < -0.3 is 0 Å². The van der Waals surface area contributed by atoms with Gasteiger partial charge in [-0.05, 0) is 70.8 Å². The molecule has 11 rings (SSSR count). The summed E-state index contributed by atoms with van der Waals surface area (Å²) in [5, 5.41) is 2.39. The Morgan fingerprint density at radius 3 is 1.78 bits per heavy atom. The maximum atomic E-state index is 5.35. The lowest BCUT2D eigenvalue weighted by molar-refractivity contribution is 1.10. The number of nitrogens with zero attached hydrogens (tertiary/aromatic N) is 4. The van der Waals surface area contributed by atoms with E-state index >= 15 is 0 Å². The van der Waals surface area contributed by atoms with Crippen molar-refractivity contribution < 1.29 is 0 Å². The molecule has 8 aromatic carbocycles. The van der Waals surface area contributed by atoms with Crippen molar-refractivity contribution in [3.05, 3.63) is 206 Å². The fourth-order valence-corrected chi connectivity index (χ4v) is 9.20. The van der Waals surface area contributed by atoms with Crippen LogP contribution < -0.4 is 0 Å². The molecule has 0 fully saturated rings. The summed E-state index contributed by atoms with van der Waals surface area (Å²) in [5.41, 5.74) is 13.7. The Labute approximate surface area is 340 Å². The molecule has 0 aliphatic carbocycles. The van der Waals surface area contributed by atoms with Crippen molar-refractivity contribution in [2.45, 2.75) is 0 Å². The number of hydrogen-bond donors (Lipinski definition) is 0. The molecule has 11 aromatic rings. The lowest BCUT2D eigenvalue weighted by atomic mass is 9.99. The smallest absolute Gasteiger partial charge is 0.160 e. The fraction of sp³-hybridized carbons (Fsp3) is 0. The van der Waals surface area contributed by atoms with Gasteiger partial charge in [0, 0.05) is 48.1 Å². The predicted molar refractivity (Wildman–Crippen MR) is 242 cm³/mol. The van der Waals surface area contributed by atoms with Gasteiger partial charge in [0.2, 0.25) is 0 Å². The molecule has 4 nitrogen and oxygen atoms in total. The van der Waals surface area contributed by atoms with Crippen LogP contribution in [0.3, 0.4) is 0 Å². The molecule has 272 valence electrons. The summed E-state index contributed by atoms with van der Waals surface area (Å²) < 4.78 is 4.67. The van der Waals surface area contributed by atoms with Crippen molar-refractivity contribution in [2.75, 3.05) is 0 Å². The van der Waals surface area contributed by atoms with Crippen LogP contribution in [0.1, 0.15) is 0 Å². The number of rotatable bonds is 7. The second kappa shape index (κ2) is 14.2. The highest BCUT2D eigenvalue weighted by molar-refractivity contribution is 7.26. The topological polar surface area (TPSA) is 43.6 Å². The third-order valence-electron chi connectivity index (χ3n) is 10.8. The molecular formula is C53H34N4S. The fourth-order valence-electron chi connectivity index (χ4n) is 8.03. The van der Waals surface area contributed by atoms with Crippen molar-refractivity contribution in [3.8, 4) is 73.2 Å². The molecule has 0 amide bonds. The lowest BCUT2D eigenvalue weighted by Gasteiger charge is -2.12. The minimum atomic E-state index is 0.691. The van der Waals surface area contributed by atoms with Gasteiger partial charge >= 0.3 is 0 Å². The molecule has 0 spiro atoms. The predicted octanol–water partition coefficient (Wildman–Crippen LogP) is 14.2. The average Bonchev–Trinajstić information content (AvgIpc) is 3.89. The first kappa shape index (κ1) is 33.8. The Hall–Kier alpha value is -7.47. The molecule has 3 aromatic heterocycles. The maximum absolute atomic E-state index is 5.35. The number of aromatic nitrogens is 4. The zero-order chi connectivity index (χ0) is 38.4. The van der Waals surface area contributed by atoms with Crippen LogP contribution in [0, 0.1) is 0 Å². The quantitative estimate of drug-likeness (QED) is 0.163. The van der Waals surface area contributed by atoms with E-state index < -0.39 is 0 Å². The van der Waals surface area contributed by atoms with Gasteiger partial charge in [0.1, 0.15) is 5.82 Å². The van der Waals surface area contributed by atoms with E-state index in [0.717, 1.165) is 67.3 Å². The van der Waals surface area contributed by atoms with Crippen molar-refractivity contribution in [1.82, 2.24) is 19.5 Å². The van der Waals surface area contributed by atoms with E-state index in [2.05, 4.69) is 199 Å². The minimum absolute atomic E-state index is 0.691. The Bertz CT molecular complexity index is 3260. The minimum Gasteiger partial charge on any atom is -0.292 e. The Balaban J connectivity index is 1.07. The molecule has 0 aliphatic heterocycles. The summed E-state index contributed by atoms with van der Waals surface area (Å²) in [6, 6.07) is 72.5. The average molecular weight is 759 g/mol. The van der Waals surface area contributed by atoms with Crippen LogP contribution in [-0.4, -0.2) is 19.5 Å². The van der Waals surface area contributed by atoms with Crippen molar-refractivity contribution >= 4 is 42.5 Å². The van der Waals surface area contributed by atoms with Crippen LogP contribution in [0.25, 0.3) is 104 Å². The highest BCUT2D eigenvalue weighted by Gasteiger charge is 2.19. The Morgan fingerprint density at radius 2 is 0.983 bits per heavy atom. The molecule has 0 N–H and O–H groups in total. The van der Waals surface area contributed by atoms with Gasteiger partial charge in [-0.1, -0.05) is 158 Å². The monoisotopic (exact) mass is 758 g/mol. The summed E-state index contributed by atoms with van der Waals surface area (Å²) in [7, 11) is 0. The van der Waals surface area contributed by atoms with E-state index in [1.807, 2.05) is 23.5 Å². The standard InChI is InChI=1S/C53H34N4S/c1-4-14-35(15-5-1)37-26-28-38(29-27-37)46-34-47(55-52(54-46)40-19-12-18-39(32-40)36-16-6-2-7-17-36)43-22-13-25-49-51(43)44-31-30-41(33-50(44)58-49)53-56-45-23-10-11-24-48(45)57(53)42-20-8-3-9-21-42/h1-34H. The third kappa shape index (κ3) is 6.06. The second-order valence-corrected chi connectivity index (χ2v) is 15.5. The molecule has 0 radical (unpaired) electrons. The third-order valence-corrected chi connectivity index (χ3v) is 12.0. The van der Waals surface area contributed by atoms with Gasteiger partial charge in [0.05, 0.1) is 22.4 Å². The number of para-hydroxylation sites is 3. The summed E-state index contributed by atoms with van der Waals surface area (Å²) in [5.74, 6) is 1.61. The molecule has 3 heterocycles. The van der Waals surface area contributed by atoms with Crippen LogP contribution in [-0.2, 0) is 0 Å². The molecule has 0 bridgehead atoms. The number of thiophene rings is 1.